The van der Waals surface area contributed by atoms with Gasteiger partial charge < -0.3 is 4.74 Å². The SMILES string of the molecule is CCCc1c(C(=O)OC)nnn1-c1ccccc1. The Labute approximate surface area is 105 Å². The van der Waals surface area contributed by atoms with Crippen LogP contribution in [0, 0.1) is 0 Å². The molecule has 0 atom stereocenters. The molecular formula is C13H15N3O2. The lowest BCUT2D eigenvalue weighted by molar-refractivity contribution is 0.0592. The molecule has 1 aromatic carbocycles. The van der Waals surface area contributed by atoms with Gasteiger partial charge in [-0.1, -0.05) is 36.8 Å². The van der Waals surface area contributed by atoms with E-state index < -0.39 is 5.97 Å². The fraction of sp³-hybridized carbons (Fsp3) is 0.308. The topological polar surface area (TPSA) is 57.0 Å². The van der Waals surface area contributed by atoms with Crippen LogP contribution in [-0.4, -0.2) is 28.1 Å². The quantitative estimate of drug-likeness (QED) is 0.773. The number of ether oxygens (including phenoxy) is 1. The summed E-state index contributed by atoms with van der Waals surface area (Å²) in [5, 5.41) is 7.96. The summed E-state index contributed by atoms with van der Waals surface area (Å²) in [5.41, 5.74) is 1.97. The van der Waals surface area contributed by atoms with E-state index in [-0.39, 0.29) is 0 Å². The van der Waals surface area contributed by atoms with Crippen LogP contribution in [0.1, 0.15) is 29.5 Å². The zero-order valence-corrected chi connectivity index (χ0v) is 10.5. The van der Waals surface area contributed by atoms with Gasteiger partial charge in [-0.15, -0.1) is 5.10 Å². The lowest BCUT2D eigenvalue weighted by Crippen LogP contribution is -2.08. The minimum atomic E-state index is -0.444. The summed E-state index contributed by atoms with van der Waals surface area (Å²) in [6, 6.07) is 9.63. The van der Waals surface area contributed by atoms with Crippen LogP contribution in [0.4, 0.5) is 0 Å². The molecule has 94 valence electrons. The number of carbonyl (C=O) groups excluding carboxylic acids is 1. The standard InChI is InChI=1S/C13H15N3O2/c1-3-7-11-12(13(17)18-2)14-15-16(11)10-8-5-4-6-9-10/h4-6,8-9H,3,7H2,1-2H3. The number of carbonyl (C=O) groups is 1. The maximum atomic E-state index is 11.6. The van der Waals surface area contributed by atoms with E-state index in [0.717, 1.165) is 24.2 Å². The lowest BCUT2D eigenvalue weighted by atomic mass is 10.2. The van der Waals surface area contributed by atoms with Crippen molar-refractivity contribution in [2.45, 2.75) is 19.8 Å². The number of aromatic nitrogens is 3. The molecule has 0 N–H and O–H groups in total. The second-order valence-electron chi connectivity index (χ2n) is 3.87. The molecule has 1 aromatic heterocycles. The minimum Gasteiger partial charge on any atom is -0.464 e. The molecule has 0 radical (unpaired) electrons. The van der Waals surface area contributed by atoms with E-state index in [1.165, 1.54) is 7.11 Å². The van der Waals surface area contributed by atoms with Crippen molar-refractivity contribution < 1.29 is 9.53 Å². The van der Waals surface area contributed by atoms with Crippen molar-refractivity contribution in [3.8, 4) is 5.69 Å². The molecule has 0 saturated heterocycles. The Morgan fingerprint density at radius 2 is 2.06 bits per heavy atom. The molecule has 0 amide bonds. The molecule has 18 heavy (non-hydrogen) atoms. The molecule has 0 aliphatic heterocycles. The van der Waals surface area contributed by atoms with Crippen molar-refractivity contribution in [2.75, 3.05) is 7.11 Å². The molecule has 0 bridgehead atoms. The largest absolute Gasteiger partial charge is 0.464 e. The van der Waals surface area contributed by atoms with Gasteiger partial charge in [0.15, 0.2) is 5.69 Å². The number of nitrogens with zero attached hydrogens (tertiary/aromatic N) is 3. The molecule has 0 spiro atoms. The van der Waals surface area contributed by atoms with Crippen LogP contribution in [0.25, 0.3) is 5.69 Å². The van der Waals surface area contributed by atoms with Crippen LogP contribution in [0.5, 0.6) is 0 Å². The molecule has 0 fully saturated rings. The third-order valence-corrected chi connectivity index (χ3v) is 2.63. The highest BCUT2D eigenvalue weighted by atomic mass is 16.5. The number of hydrogen-bond acceptors (Lipinski definition) is 4. The van der Waals surface area contributed by atoms with Crippen molar-refractivity contribution in [1.29, 1.82) is 0 Å². The third kappa shape index (κ3) is 2.25. The van der Waals surface area contributed by atoms with Gasteiger partial charge in [-0.3, -0.25) is 0 Å². The van der Waals surface area contributed by atoms with Gasteiger partial charge in [0.1, 0.15) is 0 Å². The van der Waals surface area contributed by atoms with Gasteiger partial charge >= 0.3 is 5.97 Å². The predicted molar refractivity (Wildman–Crippen MR) is 66.7 cm³/mol. The fourth-order valence-corrected chi connectivity index (χ4v) is 1.79. The molecule has 0 saturated carbocycles. The lowest BCUT2D eigenvalue weighted by Gasteiger charge is -2.06. The van der Waals surface area contributed by atoms with Gasteiger partial charge in [-0.05, 0) is 18.6 Å². The second kappa shape index (κ2) is 5.44. The first kappa shape index (κ1) is 12.3. The number of esters is 1. The molecule has 2 rings (SSSR count). The van der Waals surface area contributed by atoms with E-state index in [0.29, 0.717) is 5.69 Å². The number of hydrogen-bond donors (Lipinski definition) is 0. The van der Waals surface area contributed by atoms with E-state index in [2.05, 4.69) is 10.3 Å². The molecule has 5 heteroatoms. The van der Waals surface area contributed by atoms with Gasteiger partial charge in [-0.2, -0.15) is 0 Å². The summed E-state index contributed by atoms with van der Waals surface area (Å²) in [6.07, 6.45) is 1.64. The number of methoxy groups -OCH3 is 1. The Hall–Kier alpha value is -2.17. The fourth-order valence-electron chi connectivity index (χ4n) is 1.79. The first-order valence-corrected chi connectivity index (χ1v) is 5.86. The second-order valence-corrected chi connectivity index (χ2v) is 3.87. The number of rotatable bonds is 4. The third-order valence-electron chi connectivity index (χ3n) is 2.63. The van der Waals surface area contributed by atoms with Crippen molar-refractivity contribution in [3.05, 3.63) is 41.7 Å². The summed E-state index contributed by atoms with van der Waals surface area (Å²) in [5.74, 6) is -0.444. The van der Waals surface area contributed by atoms with Crippen molar-refractivity contribution in [2.24, 2.45) is 0 Å². The van der Waals surface area contributed by atoms with E-state index in [4.69, 9.17) is 4.74 Å². The molecule has 2 aromatic rings. The average molecular weight is 245 g/mol. The van der Waals surface area contributed by atoms with Gasteiger partial charge in [0.25, 0.3) is 0 Å². The Kier molecular flexibility index (Phi) is 3.72. The summed E-state index contributed by atoms with van der Waals surface area (Å²) in [6.45, 7) is 2.05. The first-order valence-electron chi connectivity index (χ1n) is 5.86. The monoisotopic (exact) mass is 245 g/mol. The van der Waals surface area contributed by atoms with Gasteiger partial charge in [0, 0.05) is 0 Å². The highest BCUT2D eigenvalue weighted by Crippen LogP contribution is 2.15. The van der Waals surface area contributed by atoms with Crippen LogP contribution >= 0.6 is 0 Å². The molecule has 0 unspecified atom stereocenters. The Morgan fingerprint density at radius 1 is 1.33 bits per heavy atom. The maximum absolute atomic E-state index is 11.6. The molecule has 0 aliphatic rings. The van der Waals surface area contributed by atoms with Gasteiger partial charge in [-0.25, -0.2) is 9.48 Å². The van der Waals surface area contributed by atoms with Crippen LogP contribution in [0.3, 0.4) is 0 Å². The van der Waals surface area contributed by atoms with Gasteiger partial charge in [0.05, 0.1) is 18.5 Å². The predicted octanol–water partition coefficient (Wildman–Crippen LogP) is 2.01. The van der Waals surface area contributed by atoms with Crippen molar-refractivity contribution in [1.82, 2.24) is 15.0 Å². The molecular weight excluding hydrogens is 230 g/mol. The highest BCUT2D eigenvalue weighted by Gasteiger charge is 2.20. The maximum Gasteiger partial charge on any atom is 0.360 e. The smallest absolute Gasteiger partial charge is 0.360 e. The van der Waals surface area contributed by atoms with Crippen molar-refractivity contribution >= 4 is 5.97 Å². The van der Waals surface area contributed by atoms with Crippen LogP contribution < -0.4 is 0 Å². The summed E-state index contributed by atoms with van der Waals surface area (Å²) in [7, 11) is 1.35. The zero-order valence-electron chi connectivity index (χ0n) is 10.5. The van der Waals surface area contributed by atoms with Crippen LogP contribution in [0.15, 0.2) is 30.3 Å². The Bertz CT molecular complexity index is 534. The average Bonchev–Trinajstić information content (AvgIpc) is 2.83. The van der Waals surface area contributed by atoms with Crippen LogP contribution in [0.2, 0.25) is 0 Å². The summed E-state index contributed by atoms with van der Waals surface area (Å²) < 4.78 is 6.41. The zero-order chi connectivity index (χ0) is 13.0. The van der Waals surface area contributed by atoms with E-state index >= 15 is 0 Å². The normalized spacial score (nSPS) is 10.3. The Balaban J connectivity index is 2.48. The molecule has 0 aliphatic carbocycles. The summed E-state index contributed by atoms with van der Waals surface area (Å²) in [4.78, 5) is 11.6. The summed E-state index contributed by atoms with van der Waals surface area (Å²) >= 11 is 0. The molecule has 5 nitrogen and oxygen atoms in total. The van der Waals surface area contributed by atoms with E-state index in [9.17, 15) is 4.79 Å². The number of benzene rings is 1. The van der Waals surface area contributed by atoms with Crippen molar-refractivity contribution in [3.63, 3.8) is 0 Å². The minimum absolute atomic E-state index is 0.295. The Morgan fingerprint density at radius 3 is 2.67 bits per heavy atom. The molecule has 1 heterocycles. The van der Waals surface area contributed by atoms with Gasteiger partial charge in [0.2, 0.25) is 0 Å². The number of para-hydroxylation sites is 1. The first-order chi connectivity index (χ1) is 8.77. The van der Waals surface area contributed by atoms with E-state index in [1.807, 2.05) is 37.3 Å². The highest BCUT2D eigenvalue weighted by molar-refractivity contribution is 5.88. The van der Waals surface area contributed by atoms with E-state index in [1.54, 1.807) is 4.68 Å². The van der Waals surface area contributed by atoms with Crippen LogP contribution in [-0.2, 0) is 11.2 Å².